The fraction of sp³-hybridized carbons (Fsp3) is 0.556. The summed E-state index contributed by atoms with van der Waals surface area (Å²) in [6, 6.07) is 0. The van der Waals surface area contributed by atoms with Gasteiger partial charge in [0.1, 0.15) is 9.88 Å². The zero-order valence-electron chi connectivity index (χ0n) is 17.1. The van der Waals surface area contributed by atoms with Crippen molar-refractivity contribution in [1.82, 2.24) is 20.1 Å². The maximum absolute atomic E-state index is 12.6. The molecule has 0 saturated heterocycles. The molecule has 0 saturated carbocycles. The van der Waals surface area contributed by atoms with Crippen LogP contribution in [0.2, 0.25) is 0 Å². The Labute approximate surface area is 181 Å². The predicted octanol–water partition coefficient (Wildman–Crippen LogP) is 2.92. The highest BCUT2D eigenvalue weighted by Crippen LogP contribution is 2.28. The lowest BCUT2D eigenvalue weighted by Gasteiger charge is -2.26. The van der Waals surface area contributed by atoms with Gasteiger partial charge in [0, 0.05) is 19.1 Å². The number of nitrogens with two attached hydrogens (primary N) is 1. The molecule has 1 amide bonds. The van der Waals surface area contributed by atoms with Gasteiger partial charge in [-0.1, -0.05) is 13.8 Å². The Balaban J connectivity index is 0.00000364. The van der Waals surface area contributed by atoms with Crippen molar-refractivity contribution in [2.45, 2.75) is 53.0 Å². The van der Waals surface area contributed by atoms with E-state index in [1.807, 2.05) is 27.7 Å². The molecule has 2 rings (SSSR count). The fourth-order valence-electron chi connectivity index (χ4n) is 2.65. The third kappa shape index (κ3) is 5.31. The zero-order valence-corrected chi connectivity index (χ0v) is 19.5. The Morgan fingerprint density at radius 1 is 1.18 bits per heavy atom. The minimum absolute atomic E-state index is 0. The van der Waals surface area contributed by atoms with Crippen LogP contribution in [0.25, 0.3) is 10.6 Å². The SMILES string of the molecule is CCC(N)(CC)CNC(=O)c1sc(-c2c(C)c(C)nn(C)c2=O)nc1C.Cl.Cl. The van der Waals surface area contributed by atoms with Gasteiger partial charge >= 0.3 is 0 Å². The summed E-state index contributed by atoms with van der Waals surface area (Å²) in [6.45, 7) is 9.90. The molecule has 0 unspecified atom stereocenters. The Kier molecular flexibility index (Phi) is 9.79. The highest BCUT2D eigenvalue weighted by molar-refractivity contribution is 7.17. The maximum Gasteiger partial charge on any atom is 0.277 e. The molecule has 0 radical (unpaired) electrons. The van der Waals surface area contributed by atoms with E-state index < -0.39 is 5.54 Å². The van der Waals surface area contributed by atoms with Crippen molar-refractivity contribution in [3.8, 4) is 10.6 Å². The van der Waals surface area contributed by atoms with Gasteiger partial charge in [0.2, 0.25) is 0 Å². The van der Waals surface area contributed by atoms with E-state index in [1.165, 1.54) is 16.0 Å². The third-order valence-electron chi connectivity index (χ3n) is 4.95. The highest BCUT2D eigenvalue weighted by Gasteiger charge is 2.24. The number of carbonyl (C=O) groups is 1. The van der Waals surface area contributed by atoms with E-state index >= 15 is 0 Å². The van der Waals surface area contributed by atoms with Crippen LogP contribution in [0.5, 0.6) is 0 Å². The molecule has 7 nitrogen and oxygen atoms in total. The Morgan fingerprint density at radius 2 is 1.75 bits per heavy atom. The van der Waals surface area contributed by atoms with E-state index in [9.17, 15) is 9.59 Å². The van der Waals surface area contributed by atoms with E-state index in [0.29, 0.717) is 27.7 Å². The van der Waals surface area contributed by atoms with Crippen molar-refractivity contribution < 1.29 is 4.79 Å². The molecule has 0 fully saturated rings. The average Bonchev–Trinajstić information content (AvgIpc) is 2.99. The number of aryl methyl sites for hydroxylation is 3. The summed E-state index contributed by atoms with van der Waals surface area (Å²) >= 11 is 1.23. The van der Waals surface area contributed by atoms with Crippen molar-refractivity contribution in [3.05, 3.63) is 32.2 Å². The first kappa shape index (κ1) is 26.5. The van der Waals surface area contributed by atoms with Crippen LogP contribution in [0.15, 0.2) is 4.79 Å². The second-order valence-corrected chi connectivity index (χ2v) is 7.70. The molecule has 0 aromatic carbocycles. The van der Waals surface area contributed by atoms with Crippen LogP contribution in [0.1, 0.15) is 53.3 Å². The largest absolute Gasteiger partial charge is 0.349 e. The molecule has 0 aliphatic heterocycles. The molecule has 0 aliphatic carbocycles. The van der Waals surface area contributed by atoms with E-state index in [-0.39, 0.29) is 36.3 Å². The number of aromatic nitrogens is 3. The quantitative estimate of drug-likeness (QED) is 0.705. The van der Waals surface area contributed by atoms with Crippen molar-refractivity contribution in [1.29, 1.82) is 0 Å². The van der Waals surface area contributed by atoms with Crippen LogP contribution in [-0.2, 0) is 7.05 Å². The first-order chi connectivity index (χ1) is 12.1. The van der Waals surface area contributed by atoms with Gasteiger partial charge in [-0.05, 0) is 39.2 Å². The van der Waals surface area contributed by atoms with Crippen molar-refractivity contribution in [2.24, 2.45) is 12.8 Å². The number of nitrogens with one attached hydrogen (secondary N) is 1. The molecular weight excluding hydrogens is 421 g/mol. The van der Waals surface area contributed by atoms with Gasteiger partial charge in [0.05, 0.1) is 17.0 Å². The summed E-state index contributed by atoms with van der Waals surface area (Å²) < 4.78 is 1.30. The van der Waals surface area contributed by atoms with E-state index in [4.69, 9.17) is 5.73 Å². The summed E-state index contributed by atoms with van der Waals surface area (Å²) in [5, 5.41) is 7.64. The number of rotatable bonds is 6. The molecule has 0 aliphatic rings. The fourth-order valence-corrected chi connectivity index (χ4v) is 3.73. The van der Waals surface area contributed by atoms with Gasteiger partial charge in [-0.15, -0.1) is 36.2 Å². The molecule has 0 atom stereocenters. The monoisotopic (exact) mass is 449 g/mol. The highest BCUT2D eigenvalue weighted by atomic mass is 35.5. The van der Waals surface area contributed by atoms with Gasteiger partial charge in [-0.3, -0.25) is 9.59 Å². The Hall–Kier alpha value is -1.48. The van der Waals surface area contributed by atoms with Crippen LogP contribution >= 0.6 is 36.2 Å². The first-order valence-electron chi connectivity index (χ1n) is 8.73. The maximum atomic E-state index is 12.6. The molecule has 158 valence electrons. The standard InChI is InChI=1S/C18H27N5O2S.2ClH/c1-7-18(19,8-2)9-20-15(24)14-12(5)21-16(26-14)13-10(3)11(4)22-23(6)17(13)25;;/h7-9,19H2,1-6H3,(H,20,24);2*1H. The number of hydrogen-bond donors (Lipinski definition) is 2. The summed E-state index contributed by atoms with van der Waals surface area (Å²) in [4.78, 5) is 30.1. The Morgan fingerprint density at radius 3 is 2.29 bits per heavy atom. The summed E-state index contributed by atoms with van der Waals surface area (Å²) in [6.07, 6.45) is 1.56. The van der Waals surface area contributed by atoms with Gasteiger partial charge in [-0.25, -0.2) is 9.67 Å². The van der Waals surface area contributed by atoms with Gasteiger partial charge in [0.25, 0.3) is 11.5 Å². The molecule has 2 aromatic rings. The third-order valence-corrected chi connectivity index (χ3v) is 6.13. The first-order valence-corrected chi connectivity index (χ1v) is 9.54. The number of hydrogen-bond acceptors (Lipinski definition) is 6. The minimum atomic E-state index is -0.411. The van der Waals surface area contributed by atoms with E-state index in [1.54, 1.807) is 14.0 Å². The van der Waals surface area contributed by atoms with Crippen LogP contribution in [0.3, 0.4) is 0 Å². The molecule has 2 aromatic heterocycles. The molecule has 3 N–H and O–H groups in total. The van der Waals surface area contributed by atoms with Gasteiger partial charge in [-0.2, -0.15) is 5.10 Å². The zero-order chi connectivity index (χ0) is 19.6. The van der Waals surface area contributed by atoms with Crippen molar-refractivity contribution in [3.63, 3.8) is 0 Å². The second-order valence-electron chi connectivity index (χ2n) is 6.70. The normalized spacial score (nSPS) is 10.8. The number of nitrogens with zero attached hydrogens (tertiary/aromatic N) is 3. The predicted molar refractivity (Wildman–Crippen MR) is 119 cm³/mol. The van der Waals surface area contributed by atoms with Crippen molar-refractivity contribution in [2.75, 3.05) is 6.54 Å². The van der Waals surface area contributed by atoms with Crippen LogP contribution in [0, 0.1) is 20.8 Å². The molecule has 10 heteroatoms. The van der Waals surface area contributed by atoms with Gasteiger partial charge in [0.15, 0.2) is 0 Å². The number of carbonyl (C=O) groups excluding carboxylic acids is 1. The molecule has 0 bridgehead atoms. The van der Waals surface area contributed by atoms with Crippen LogP contribution < -0.4 is 16.6 Å². The summed E-state index contributed by atoms with van der Waals surface area (Å²) in [7, 11) is 1.61. The van der Waals surface area contributed by atoms with Crippen LogP contribution in [-0.4, -0.2) is 32.8 Å². The molecule has 28 heavy (non-hydrogen) atoms. The average molecular weight is 450 g/mol. The lowest BCUT2D eigenvalue weighted by atomic mass is 9.94. The summed E-state index contributed by atoms with van der Waals surface area (Å²) in [5.41, 5.74) is 8.28. The topological polar surface area (TPSA) is 103 Å². The smallest absolute Gasteiger partial charge is 0.277 e. The molecule has 0 spiro atoms. The summed E-state index contributed by atoms with van der Waals surface area (Å²) in [5.74, 6) is -0.205. The van der Waals surface area contributed by atoms with E-state index in [2.05, 4.69) is 15.4 Å². The molecule has 2 heterocycles. The van der Waals surface area contributed by atoms with Crippen LogP contribution in [0.4, 0.5) is 0 Å². The second kappa shape index (κ2) is 10.3. The number of halogens is 2. The molecular formula is C18H29Cl2N5O2S. The van der Waals surface area contributed by atoms with Gasteiger partial charge < -0.3 is 11.1 Å². The minimum Gasteiger partial charge on any atom is -0.349 e. The number of thiazole rings is 1. The Bertz CT molecular complexity index is 891. The lowest BCUT2D eigenvalue weighted by Crippen LogP contribution is -2.49. The lowest BCUT2D eigenvalue weighted by molar-refractivity contribution is 0.0945. The van der Waals surface area contributed by atoms with Crippen molar-refractivity contribution >= 4 is 42.1 Å². The van der Waals surface area contributed by atoms with E-state index in [0.717, 1.165) is 24.1 Å². The number of amides is 1.